The Kier molecular flexibility index (Phi) is 6.27. The second kappa shape index (κ2) is 8.69. The molecular formula is C25H31N3O. The van der Waals surface area contributed by atoms with E-state index in [2.05, 4.69) is 61.8 Å². The number of rotatable bonds is 4. The molecule has 4 heteroatoms. The monoisotopic (exact) mass is 389 g/mol. The van der Waals surface area contributed by atoms with Gasteiger partial charge in [-0.3, -0.25) is 4.79 Å². The molecule has 3 rings (SSSR count). The molecule has 0 saturated heterocycles. The third-order valence-corrected chi connectivity index (χ3v) is 6.38. The summed E-state index contributed by atoms with van der Waals surface area (Å²) in [6.07, 6.45) is 6.21. The van der Waals surface area contributed by atoms with Gasteiger partial charge in [0.05, 0.1) is 0 Å². The molecule has 1 saturated carbocycles. The van der Waals surface area contributed by atoms with Crippen LogP contribution in [0.3, 0.4) is 0 Å². The molecule has 2 atom stereocenters. The van der Waals surface area contributed by atoms with E-state index in [0.29, 0.717) is 5.92 Å². The summed E-state index contributed by atoms with van der Waals surface area (Å²) in [7, 11) is 0. The molecule has 29 heavy (non-hydrogen) atoms. The smallest absolute Gasteiger partial charge is 0.262 e. The lowest BCUT2D eigenvalue weighted by Crippen LogP contribution is -2.41. The van der Waals surface area contributed by atoms with Crippen molar-refractivity contribution in [2.24, 2.45) is 5.92 Å². The standard InChI is InChI=1S/C25H31N3O/c1-16-10-8-12-24(19(16)4)28-18(3)13-21(20(28)5)14-22(15-26)25(29)27-23-11-7-6-9-17(23)2/h8,10,12-14,17,23H,6-7,9,11H2,1-5H3,(H,27,29)/b22-14+/t17-,23+/m0/s1. The zero-order valence-corrected chi connectivity index (χ0v) is 18.2. The summed E-state index contributed by atoms with van der Waals surface area (Å²) in [5.41, 5.74) is 6.80. The van der Waals surface area contributed by atoms with Gasteiger partial charge in [-0.15, -0.1) is 0 Å². The summed E-state index contributed by atoms with van der Waals surface area (Å²) < 4.78 is 2.20. The minimum Gasteiger partial charge on any atom is -0.348 e. The second-order valence-corrected chi connectivity index (χ2v) is 8.39. The Hall–Kier alpha value is -2.80. The minimum atomic E-state index is -0.261. The highest BCUT2D eigenvalue weighted by atomic mass is 16.1. The van der Waals surface area contributed by atoms with Gasteiger partial charge < -0.3 is 9.88 Å². The molecular weight excluding hydrogens is 358 g/mol. The highest BCUT2D eigenvalue weighted by Crippen LogP contribution is 2.27. The number of carbonyl (C=O) groups excluding carboxylic acids is 1. The van der Waals surface area contributed by atoms with Crippen LogP contribution >= 0.6 is 0 Å². The Balaban J connectivity index is 1.92. The number of carbonyl (C=O) groups is 1. The molecule has 1 heterocycles. The molecule has 2 aromatic rings. The van der Waals surface area contributed by atoms with Crippen molar-refractivity contribution in [1.29, 1.82) is 5.26 Å². The maximum absolute atomic E-state index is 12.8. The van der Waals surface area contributed by atoms with Gasteiger partial charge in [0.1, 0.15) is 11.6 Å². The summed E-state index contributed by atoms with van der Waals surface area (Å²) in [5, 5.41) is 12.7. The van der Waals surface area contributed by atoms with Crippen molar-refractivity contribution in [2.75, 3.05) is 0 Å². The fraction of sp³-hybridized carbons (Fsp3) is 0.440. The van der Waals surface area contributed by atoms with Crippen LogP contribution in [0.15, 0.2) is 29.8 Å². The first-order valence-corrected chi connectivity index (χ1v) is 10.5. The first-order valence-electron chi connectivity index (χ1n) is 10.5. The van der Waals surface area contributed by atoms with Crippen LogP contribution in [-0.4, -0.2) is 16.5 Å². The van der Waals surface area contributed by atoms with E-state index in [1.54, 1.807) is 6.08 Å². The zero-order valence-electron chi connectivity index (χ0n) is 18.2. The number of amides is 1. The highest BCUT2D eigenvalue weighted by Gasteiger charge is 2.24. The van der Waals surface area contributed by atoms with Crippen LogP contribution in [0.5, 0.6) is 0 Å². The number of hydrogen-bond donors (Lipinski definition) is 1. The Morgan fingerprint density at radius 2 is 1.93 bits per heavy atom. The first kappa shape index (κ1) is 20.9. The van der Waals surface area contributed by atoms with Gasteiger partial charge in [-0.25, -0.2) is 0 Å². The average molecular weight is 390 g/mol. The number of aromatic nitrogens is 1. The molecule has 1 aliphatic carbocycles. The molecule has 1 aliphatic rings. The van der Waals surface area contributed by atoms with Crippen molar-refractivity contribution >= 4 is 12.0 Å². The number of nitrogens with zero attached hydrogens (tertiary/aromatic N) is 2. The molecule has 1 amide bonds. The highest BCUT2D eigenvalue weighted by molar-refractivity contribution is 6.02. The Morgan fingerprint density at radius 1 is 1.21 bits per heavy atom. The number of nitriles is 1. The third-order valence-electron chi connectivity index (χ3n) is 6.38. The topological polar surface area (TPSA) is 57.8 Å². The maximum atomic E-state index is 12.8. The summed E-state index contributed by atoms with van der Waals surface area (Å²) in [5.74, 6) is 0.199. The molecule has 4 nitrogen and oxygen atoms in total. The lowest BCUT2D eigenvalue weighted by Gasteiger charge is -2.29. The molecule has 0 bridgehead atoms. The van der Waals surface area contributed by atoms with Gasteiger partial charge in [-0.05, 0) is 81.4 Å². The number of aryl methyl sites for hydroxylation is 2. The normalized spacial score (nSPS) is 19.7. The van der Waals surface area contributed by atoms with Gasteiger partial charge in [0.25, 0.3) is 5.91 Å². The Bertz CT molecular complexity index is 990. The van der Waals surface area contributed by atoms with Crippen molar-refractivity contribution in [3.05, 3.63) is 57.9 Å². The molecule has 0 unspecified atom stereocenters. The van der Waals surface area contributed by atoms with Gasteiger partial charge >= 0.3 is 0 Å². The third kappa shape index (κ3) is 4.29. The van der Waals surface area contributed by atoms with Gasteiger partial charge in [-0.1, -0.05) is 31.9 Å². The van der Waals surface area contributed by atoms with Crippen molar-refractivity contribution in [2.45, 2.75) is 66.3 Å². The minimum absolute atomic E-state index is 0.162. The second-order valence-electron chi connectivity index (χ2n) is 8.39. The molecule has 1 fully saturated rings. The number of nitrogens with one attached hydrogen (secondary N) is 1. The Morgan fingerprint density at radius 3 is 2.62 bits per heavy atom. The van der Waals surface area contributed by atoms with E-state index >= 15 is 0 Å². The van der Waals surface area contributed by atoms with Crippen LogP contribution < -0.4 is 5.32 Å². The molecule has 152 valence electrons. The van der Waals surface area contributed by atoms with E-state index in [0.717, 1.165) is 41.9 Å². The molecule has 0 aliphatic heterocycles. The number of hydrogen-bond acceptors (Lipinski definition) is 2. The van der Waals surface area contributed by atoms with E-state index < -0.39 is 0 Å². The lowest BCUT2D eigenvalue weighted by molar-refractivity contribution is -0.118. The van der Waals surface area contributed by atoms with Crippen LogP contribution in [0.1, 0.15) is 60.7 Å². The quantitative estimate of drug-likeness (QED) is 0.569. The van der Waals surface area contributed by atoms with Crippen LogP contribution in [0.4, 0.5) is 0 Å². The van der Waals surface area contributed by atoms with Gasteiger partial charge in [0, 0.05) is 23.1 Å². The predicted molar refractivity (Wildman–Crippen MR) is 118 cm³/mol. The largest absolute Gasteiger partial charge is 0.348 e. The number of benzene rings is 1. The summed E-state index contributed by atoms with van der Waals surface area (Å²) >= 11 is 0. The van der Waals surface area contributed by atoms with Gasteiger partial charge in [-0.2, -0.15) is 5.26 Å². The molecule has 1 aromatic heterocycles. The van der Waals surface area contributed by atoms with E-state index in [9.17, 15) is 10.1 Å². The van der Waals surface area contributed by atoms with Crippen LogP contribution in [-0.2, 0) is 4.79 Å². The van der Waals surface area contributed by atoms with Crippen LogP contribution in [0, 0.1) is 44.9 Å². The van der Waals surface area contributed by atoms with E-state index in [4.69, 9.17) is 0 Å². The summed E-state index contributed by atoms with van der Waals surface area (Å²) in [4.78, 5) is 12.8. The van der Waals surface area contributed by atoms with E-state index in [1.807, 2.05) is 13.0 Å². The van der Waals surface area contributed by atoms with Crippen LogP contribution in [0.25, 0.3) is 11.8 Å². The van der Waals surface area contributed by atoms with Gasteiger partial charge in [0.2, 0.25) is 0 Å². The molecule has 1 aromatic carbocycles. The van der Waals surface area contributed by atoms with Crippen molar-refractivity contribution < 1.29 is 4.79 Å². The molecule has 0 radical (unpaired) electrons. The first-order chi connectivity index (χ1) is 13.8. The van der Waals surface area contributed by atoms with E-state index in [-0.39, 0.29) is 17.5 Å². The summed E-state index contributed by atoms with van der Waals surface area (Å²) in [6.45, 7) is 10.5. The van der Waals surface area contributed by atoms with Crippen LogP contribution in [0.2, 0.25) is 0 Å². The summed E-state index contributed by atoms with van der Waals surface area (Å²) in [6, 6.07) is 10.6. The van der Waals surface area contributed by atoms with Crippen molar-refractivity contribution in [3.63, 3.8) is 0 Å². The SMILES string of the molecule is Cc1cccc(-n2c(C)cc(/C=C(\C#N)C(=O)N[C@@H]3CCCC[C@@H]3C)c2C)c1C. The van der Waals surface area contributed by atoms with Crippen molar-refractivity contribution in [1.82, 2.24) is 9.88 Å². The lowest BCUT2D eigenvalue weighted by atomic mass is 9.86. The van der Waals surface area contributed by atoms with Crippen molar-refractivity contribution in [3.8, 4) is 11.8 Å². The molecule has 0 spiro atoms. The predicted octanol–water partition coefficient (Wildman–Crippen LogP) is 5.31. The fourth-order valence-corrected chi connectivity index (χ4v) is 4.36. The van der Waals surface area contributed by atoms with E-state index in [1.165, 1.54) is 17.5 Å². The zero-order chi connectivity index (χ0) is 21.1. The fourth-order valence-electron chi connectivity index (χ4n) is 4.36. The van der Waals surface area contributed by atoms with Gasteiger partial charge in [0.15, 0.2) is 0 Å². The molecule has 1 N–H and O–H groups in total. The average Bonchev–Trinajstić information content (AvgIpc) is 2.97. The Labute approximate surface area is 174 Å². The maximum Gasteiger partial charge on any atom is 0.262 e.